The van der Waals surface area contributed by atoms with E-state index in [1.165, 1.54) is 64.2 Å². The summed E-state index contributed by atoms with van der Waals surface area (Å²) >= 11 is 3.48. The van der Waals surface area contributed by atoms with Crippen molar-refractivity contribution in [2.24, 2.45) is 0 Å². The van der Waals surface area contributed by atoms with Crippen LogP contribution in [0.5, 0.6) is 0 Å². The van der Waals surface area contributed by atoms with E-state index in [1.807, 2.05) is 0 Å². The third-order valence-corrected chi connectivity index (χ3v) is 4.97. The van der Waals surface area contributed by atoms with Crippen LogP contribution in [-0.4, -0.2) is 41.1 Å². The van der Waals surface area contributed by atoms with Crippen molar-refractivity contribution in [2.45, 2.75) is 82.8 Å². The highest BCUT2D eigenvalue weighted by molar-refractivity contribution is 9.09. The van der Waals surface area contributed by atoms with E-state index in [0.717, 1.165) is 18.3 Å². The van der Waals surface area contributed by atoms with E-state index in [0.29, 0.717) is 6.04 Å². The molecule has 114 valence electrons. The highest BCUT2D eigenvalue weighted by Crippen LogP contribution is 2.22. The second kappa shape index (κ2) is 11.1. The van der Waals surface area contributed by atoms with Gasteiger partial charge in [0.05, 0.1) is 6.10 Å². The van der Waals surface area contributed by atoms with Gasteiger partial charge in [-0.1, -0.05) is 60.9 Å². The van der Waals surface area contributed by atoms with Crippen molar-refractivity contribution in [3.63, 3.8) is 0 Å². The van der Waals surface area contributed by atoms with E-state index in [4.69, 9.17) is 0 Å². The van der Waals surface area contributed by atoms with Crippen molar-refractivity contribution in [2.75, 3.05) is 18.9 Å². The molecule has 0 aromatic carbocycles. The highest BCUT2D eigenvalue weighted by Gasteiger charge is 2.25. The number of halogens is 1. The Kier molecular flexibility index (Phi) is 10.2. The number of aliphatic hydroxyl groups excluding tert-OH is 1. The standard InChI is InChI=1S/C16H32BrNO/c1-18(15-11-7-8-12-16(15)19)14-10-6-4-2-3-5-9-13-17/h15-16,19H,2-14H2,1H3. The summed E-state index contributed by atoms with van der Waals surface area (Å²) in [5.41, 5.74) is 0. The molecular formula is C16H32BrNO. The van der Waals surface area contributed by atoms with Crippen LogP contribution in [0.2, 0.25) is 0 Å². The normalized spacial score (nSPS) is 24.0. The summed E-state index contributed by atoms with van der Waals surface area (Å²) in [6, 6.07) is 0.424. The van der Waals surface area contributed by atoms with Gasteiger partial charge in [0, 0.05) is 11.4 Å². The summed E-state index contributed by atoms with van der Waals surface area (Å²) in [6.45, 7) is 1.16. The van der Waals surface area contributed by atoms with Gasteiger partial charge in [-0.15, -0.1) is 0 Å². The van der Waals surface area contributed by atoms with E-state index >= 15 is 0 Å². The van der Waals surface area contributed by atoms with E-state index in [1.54, 1.807) is 0 Å². The minimum atomic E-state index is -0.0806. The lowest BCUT2D eigenvalue weighted by Gasteiger charge is -2.35. The molecule has 0 heterocycles. The van der Waals surface area contributed by atoms with Gasteiger partial charge in [0.15, 0.2) is 0 Å². The summed E-state index contributed by atoms with van der Waals surface area (Å²) in [7, 11) is 2.19. The molecule has 0 aromatic rings. The van der Waals surface area contributed by atoms with Crippen LogP contribution in [0.4, 0.5) is 0 Å². The quantitative estimate of drug-likeness (QED) is 0.474. The maximum atomic E-state index is 10.0. The third-order valence-electron chi connectivity index (χ3n) is 4.40. The van der Waals surface area contributed by atoms with Crippen LogP contribution in [0.15, 0.2) is 0 Å². The number of likely N-dealkylation sites (N-methyl/N-ethyl adjacent to an activating group) is 1. The molecule has 0 saturated heterocycles. The van der Waals surface area contributed by atoms with E-state index in [9.17, 15) is 5.11 Å². The average molecular weight is 334 g/mol. The second-order valence-corrected chi connectivity index (χ2v) is 6.86. The Balaban J connectivity index is 1.96. The lowest BCUT2D eigenvalue weighted by atomic mass is 9.91. The molecule has 0 bridgehead atoms. The predicted molar refractivity (Wildman–Crippen MR) is 87.0 cm³/mol. The number of hydrogen-bond donors (Lipinski definition) is 1. The van der Waals surface area contributed by atoms with Gasteiger partial charge in [-0.25, -0.2) is 0 Å². The van der Waals surface area contributed by atoms with Crippen LogP contribution >= 0.6 is 15.9 Å². The van der Waals surface area contributed by atoms with Crippen LogP contribution < -0.4 is 0 Å². The number of alkyl halides is 1. The first-order chi connectivity index (χ1) is 9.25. The number of aliphatic hydroxyl groups is 1. The lowest BCUT2D eigenvalue weighted by Crippen LogP contribution is -2.43. The molecule has 2 atom stereocenters. The zero-order chi connectivity index (χ0) is 13.9. The van der Waals surface area contributed by atoms with Gasteiger partial charge in [0.1, 0.15) is 0 Å². The van der Waals surface area contributed by atoms with Gasteiger partial charge in [0.2, 0.25) is 0 Å². The second-order valence-electron chi connectivity index (χ2n) is 6.06. The van der Waals surface area contributed by atoms with Crippen LogP contribution in [0.25, 0.3) is 0 Å². The summed E-state index contributed by atoms with van der Waals surface area (Å²) < 4.78 is 0. The van der Waals surface area contributed by atoms with Gasteiger partial charge < -0.3 is 10.0 Å². The smallest absolute Gasteiger partial charge is 0.0695 e. The minimum absolute atomic E-state index is 0.0806. The molecule has 0 aromatic heterocycles. The summed E-state index contributed by atoms with van der Waals surface area (Å²) in [5.74, 6) is 0. The Morgan fingerprint density at radius 3 is 2.16 bits per heavy atom. The summed E-state index contributed by atoms with van der Waals surface area (Å²) in [5, 5.41) is 11.2. The molecule has 2 nitrogen and oxygen atoms in total. The molecular weight excluding hydrogens is 302 g/mol. The third kappa shape index (κ3) is 7.67. The van der Waals surface area contributed by atoms with Crippen molar-refractivity contribution in [1.82, 2.24) is 4.90 Å². The molecule has 0 spiro atoms. The molecule has 1 aliphatic carbocycles. The van der Waals surface area contributed by atoms with E-state index in [-0.39, 0.29) is 6.10 Å². The van der Waals surface area contributed by atoms with Crippen LogP contribution in [0.1, 0.15) is 70.6 Å². The fourth-order valence-corrected chi connectivity index (χ4v) is 3.51. The zero-order valence-electron chi connectivity index (χ0n) is 12.6. The summed E-state index contributed by atoms with van der Waals surface area (Å²) in [6.07, 6.45) is 14.1. The SMILES string of the molecule is CN(CCCCCCCCCBr)C1CCCCC1O. The Morgan fingerprint density at radius 2 is 1.53 bits per heavy atom. The van der Waals surface area contributed by atoms with Gasteiger partial charge in [-0.05, 0) is 39.3 Å². The maximum Gasteiger partial charge on any atom is 0.0695 e. The Labute approximate surface area is 128 Å². The van der Waals surface area contributed by atoms with Crippen LogP contribution in [-0.2, 0) is 0 Å². The maximum absolute atomic E-state index is 10.0. The number of unbranched alkanes of at least 4 members (excludes halogenated alkanes) is 6. The molecule has 19 heavy (non-hydrogen) atoms. The van der Waals surface area contributed by atoms with Gasteiger partial charge in [-0.2, -0.15) is 0 Å². The van der Waals surface area contributed by atoms with E-state index < -0.39 is 0 Å². The first kappa shape index (κ1) is 17.5. The van der Waals surface area contributed by atoms with Gasteiger partial charge in [0.25, 0.3) is 0 Å². The Bertz CT molecular complexity index is 213. The zero-order valence-corrected chi connectivity index (χ0v) is 14.2. The van der Waals surface area contributed by atoms with Crippen molar-refractivity contribution < 1.29 is 5.11 Å². The average Bonchev–Trinajstić information content (AvgIpc) is 2.42. The van der Waals surface area contributed by atoms with Crippen molar-refractivity contribution in [3.8, 4) is 0 Å². The van der Waals surface area contributed by atoms with Crippen LogP contribution in [0, 0.1) is 0 Å². The molecule has 1 rings (SSSR count). The largest absolute Gasteiger partial charge is 0.391 e. The van der Waals surface area contributed by atoms with Crippen molar-refractivity contribution in [3.05, 3.63) is 0 Å². The monoisotopic (exact) mass is 333 g/mol. The molecule has 2 unspecified atom stereocenters. The van der Waals surface area contributed by atoms with E-state index in [2.05, 4.69) is 27.9 Å². The minimum Gasteiger partial charge on any atom is -0.391 e. The fraction of sp³-hybridized carbons (Fsp3) is 1.00. The Hall–Kier alpha value is 0.400. The number of rotatable bonds is 10. The topological polar surface area (TPSA) is 23.5 Å². The fourth-order valence-electron chi connectivity index (χ4n) is 3.11. The first-order valence-corrected chi connectivity index (χ1v) is 9.32. The molecule has 0 radical (unpaired) electrons. The van der Waals surface area contributed by atoms with Crippen molar-refractivity contribution in [1.29, 1.82) is 0 Å². The molecule has 3 heteroatoms. The Morgan fingerprint density at radius 1 is 0.947 bits per heavy atom. The van der Waals surface area contributed by atoms with Crippen LogP contribution in [0.3, 0.4) is 0 Å². The number of nitrogens with zero attached hydrogens (tertiary/aromatic N) is 1. The van der Waals surface area contributed by atoms with Gasteiger partial charge in [-0.3, -0.25) is 0 Å². The highest BCUT2D eigenvalue weighted by atomic mass is 79.9. The predicted octanol–water partition coefficient (Wildman–Crippen LogP) is 4.35. The molecule has 1 aliphatic rings. The summed E-state index contributed by atoms with van der Waals surface area (Å²) in [4.78, 5) is 2.40. The molecule has 1 saturated carbocycles. The molecule has 0 amide bonds. The first-order valence-electron chi connectivity index (χ1n) is 8.20. The van der Waals surface area contributed by atoms with Gasteiger partial charge >= 0.3 is 0 Å². The van der Waals surface area contributed by atoms with Crippen molar-refractivity contribution >= 4 is 15.9 Å². The molecule has 0 aliphatic heterocycles. The molecule has 1 fully saturated rings. The molecule has 1 N–H and O–H groups in total. The number of hydrogen-bond acceptors (Lipinski definition) is 2. The lowest BCUT2D eigenvalue weighted by molar-refractivity contribution is 0.0315.